The number of amides is 4. The zero-order valence-electron chi connectivity index (χ0n) is 28.1. The molecule has 1 fully saturated rings. The van der Waals surface area contributed by atoms with E-state index < -0.39 is 58.7 Å². The summed E-state index contributed by atoms with van der Waals surface area (Å²) in [5.74, 6) is -3.17. The highest BCUT2D eigenvalue weighted by atomic mass is 32.2. The van der Waals surface area contributed by atoms with E-state index in [1.807, 2.05) is 27.7 Å². The fourth-order valence-electron chi connectivity index (χ4n) is 5.11. The number of thiol groups is 1. The van der Waals surface area contributed by atoms with Crippen LogP contribution in [0.3, 0.4) is 0 Å². The van der Waals surface area contributed by atoms with E-state index in [0.29, 0.717) is 34.7 Å². The largest absolute Gasteiger partial charge is 0.496 e. The molecule has 0 aromatic heterocycles. The molecule has 1 heterocycles. The number of nitrogens with one attached hydrogen (secondary N) is 1. The van der Waals surface area contributed by atoms with Crippen LogP contribution in [0.4, 0.5) is 16.2 Å². The topological polar surface area (TPSA) is 180 Å². The van der Waals surface area contributed by atoms with Gasteiger partial charge in [-0.15, -0.1) is 0 Å². The number of benzene rings is 2. The predicted octanol–water partition coefficient (Wildman–Crippen LogP) is 4.14. The SMILES string of the molecule is CCCC(=O)OCN1C(=O)CCN(c2cc(C(=O)Nc3ccc(CN(CC(CC)C(=O)O)[SH](=O)=O)cc3)c(OC)c(C(C)(C)C)c2)C1=O. The normalized spacial score (nSPS) is 14.3. The molecular weight excluding hydrogens is 644 g/mol. The fraction of sp³-hybridized carbons (Fsp3) is 0.485. The van der Waals surface area contributed by atoms with Crippen molar-refractivity contribution in [2.24, 2.45) is 5.92 Å². The van der Waals surface area contributed by atoms with Crippen LogP contribution in [0, 0.1) is 5.92 Å². The number of carbonyl (C=O) groups excluding carboxylic acids is 4. The van der Waals surface area contributed by atoms with Crippen molar-refractivity contribution in [3.63, 3.8) is 0 Å². The second-order valence-corrected chi connectivity index (χ2v) is 13.4. The van der Waals surface area contributed by atoms with Crippen LogP contribution >= 0.6 is 0 Å². The van der Waals surface area contributed by atoms with Gasteiger partial charge in [0, 0.05) is 49.4 Å². The van der Waals surface area contributed by atoms with Crippen LogP contribution in [-0.4, -0.2) is 79.4 Å². The molecule has 2 N–H and O–H groups in total. The Morgan fingerprint density at radius 2 is 1.75 bits per heavy atom. The van der Waals surface area contributed by atoms with Crippen LogP contribution in [0.15, 0.2) is 36.4 Å². The number of esters is 1. The number of carboxylic acids is 1. The molecule has 0 saturated carbocycles. The zero-order chi connectivity index (χ0) is 35.8. The van der Waals surface area contributed by atoms with Gasteiger partial charge in [-0.05, 0) is 48.1 Å². The monoisotopic (exact) mass is 688 g/mol. The maximum absolute atomic E-state index is 13.8. The molecule has 2 aromatic carbocycles. The summed E-state index contributed by atoms with van der Waals surface area (Å²) in [6, 6.07) is 8.99. The van der Waals surface area contributed by atoms with Crippen molar-refractivity contribution >= 4 is 52.0 Å². The van der Waals surface area contributed by atoms with E-state index in [0.717, 1.165) is 9.21 Å². The number of rotatable bonds is 15. The maximum atomic E-state index is 13.8. The number of hydrogen-bond acceptors (Lipinski definition) is 9. The van der Waals surface area contributed by atoms with Crippen LogP contribution in [-0.2, 0) is 42.0 Å². The predicted molar refractivity (Wildman–Crippen MR) is 178 cm³/mol. The molecule has 1 unspecified atom stereocenters. The van der Waals surface area contributed by atoms with Gasteiger partial charge in [0.1, 0.15) is 5.75 Å². The Morgan fingerprint density at radius 1 is 1.08 bits per heavy atom. The fourth-order valence-corrected chi connectivity index (χ4v) is 5.72. The van der Waals surface area contributed by atoms with E-state index in [1.165, 1.54) is 18.1 Å². The molecule has 1 aliphatic rings. The standard InChI is InChI=1S/C33H44N4O10S/c1-7-9-28(39)47-20-37-27(38)14-15-36(32(37)43)24-16-25(29(46-6)26(17-24)33(3,4)5)30(40)34-23-12-10-21(11-13-23)18-35(48(44)45)19-22(8-2)31(41)42/h10-13,16-17,22,48H,7-9,14-15,18-20H2,1-6H3,(H,34,40)(H,41,42). The zero-order valence-corrected chi connectivity index (χ0v) is 29.0. The summed E-state index contributed by atoms with van der Waals surface area (Å²) >= 11 is 0. The minimum absolute atomic E-state index is 0.0186. The third-order valence-electron chi connectivity index (χ3n) is 7.84. The maximum Gasteiger partial charge on any atom is 0.333 e. The van der Waals surface area contributed by atoms with Crippen LogP contribution in [0.2, 0.25) is 0 Å². The number of methoxy groups -OCH3 is 1. The van der Waals surface area contributed by atoms with Crippen LogP contribution in [0.1, 0.15) is 81.8 Å². The molecule has 1 aliphatic heterocycles. The smallest absolute Gasteiger partial charge is 0.333 e. The molecule has 0 bridgehead atoms. The Morgan fingerprint density at radius 3 is 2.29 bits per heavy atom. The van der Waals surface area contributed by atoms with Gasteiger partial charge in [-0.25, -0.2) is 18.1 Å². The highest BCUT2D eigenvalue weighted by molar-refractivity contribution is 7.69. The summed E-state index contributed by atoms with van der Waals surface area (Å²) < 4.78 is 35.6. The van der Waals surface area contributed by atoms with E-state index >= 15 is 0 Å². The number of carboxylic acid groups (broad SMARTS) is 1. The molecule has 0 spiro atoms. The summed E-state index contributed by atoms with van der Waals surface area (Å²) in [5, 5.41) is 12.2. The highest BCUT2D eigenvalue weighted by Gasteiger charge is 2.36. The Balaban J connectivity index is 1.90. The minimum atomic E-state index is -3.03. The number of aliphatic carboxylic acids is 1. The van der Waals surface area contributed by atoms with Crippen LogP contribution in [0.25, 0.3) is 0 Å². The molecule has 1 saturated heterocycles. The lowest BCUT2D eigenvalue weighted by Gasteiger charge is -2.35. The first kappa shape index (κ1) is 38.0. The number of imide groups is 1. The van der Waals surface area contributed by atoms with Gasteiger partial charge >= 0.3 is 18.0 Å². The van der Waals surface area contributed by atoms with Crippen molar-refractivity contribution in [1.29, 1.82) is 0 Å². The molecule has 3 rings (SSSR count). The van der Waals surface area contributed by atoms with Crippen molar-refractivity contribution in [3.8, 4) is 5.75 Å². The quantitative estimate of drug-likeness (QED) is 0.182. The third kappa shape index (κ3) is 9.53. The van der Waals surface area contributed by atoms with Crippen molar-refractivity contribution in [3.05, 3.63) is 53.1 Å². The number of urea groups is 1. The molecule has 0 aliphatic carbocycles. The molecule has 14 nitrogen and oxygen atoms in total. The summed E-state index contributed by atoms with van der Waals surface area (Å²) in [6.07, 6.45) is 0.966. The number of hydrogen-bond donors (Lipinski definition) is 3. The van der Waals surface area contributed by atoms with Gasteiger partial charge < -0.3 is 19.9 Å². The van der Waals surface area contributed by atoms with E-state index in [-0.39, 0.29) is 44.5 Å². The number of ether oxygens (including phenoxy) is 2. The third-order valence-corrected chi connectivity index (χ3v) is 8.61. The van der Waals surface area contributed by atoms with E-state index in [1.54, 1.807) is 37.3 Å². The summed E-state index contributed by atoms with van der Waals surface area (Å²) in [5.41, 5.74) is 1.56. The van der Waals surface area contributed by atoms with Gasteiger partial charge in [0.15, 0.2) is 6.73 Å². The Bertz CT molecular complexity index is 1590. The highest BCUT2D eigenvalue weighted by Crippen LogP contribution is 2.39. The molecule has 15 heteroatoms. The minimum Gasteiger partial charge on any atom is -0.496 e. The Hall–Kier alpha value is -4.50. The van der Waals surface area contributed by atoms with E-state index in [2.05, 4.69) is 5.32 Å². The summed E-state index contributed by atoms with van der Waals surface area (Å²) in [4.78, 5) is 65.4. The lowest BCUT2D eigenvalue weighted by molar-refractivity contribution is -0.150. The molecule has 262 valence electrons. The van der Waals surface area contributed by atoms with Crippen molar-refractivity contribution in [1.82, 2.24) is 9.21 Å². The van der Waals surface area contributed by atoms with Gasteiger partial charge in [0.05, 0.1) is 18.6 Å². The molecule has 48 heavy (non-hydrogen) atoms. The van der Waals surface area contributed by atoms with E-state index in [4.69, 9.17) is 9.47 Å². The molecular formula is C33H44N4O10S. The van der Waals surface area contributed by atoms with Crippen LogP contribution < -0.4 is 15.0 Å². The molecule has 0 radical (unpaired) electrons. The summed E-state index contributed by atoms with van der Waals surface area (Å²) in [6.45, 7) is 8.59. The first-order valence-corrected chi connectivity index (χ1v) is 16.8. The summed E-state index contributed by atoms with van der Waals surface area (Å²) in [7, 11) is -1.59. The van der Waals surface area contributed by atoms with Crippen molar-refractivity contribution in [2.75, 3.05) is 37.1 Å². The van der Waals surface area contributed by atoms with E-state index in [9.17, 15) is 37.5 Å². The molecule has 4 amide bonds. The lowest BCUT2D eigenvalue weighted by atomic mass is 9.84. The lowest BCUT2D eigenvalue weighted by Crippen LogP contribution is -2.53. The van der Waals surface area contributed by atoms with Crippen molar-refractivity contribution in [2.45, 2.75) is 72.3 Å². The Kier molecular flexibility index (Phi) is 13.1. The molecule has 1 atom stereocenters. The van der Waals surface area contributed by atoms with Gasteiger partial charge in [0.25, 0.3) is 5.91 Å². The Labute approximate surface area is 282 Å². The van der Waals surface area contributed by atoms with Gasteiger partial charge in [-0.2, -0.15) is 4.31 Å². The number of carbonyl (C=O) groups is 5. The van der Waals surface area contributed by atoms with Crippen molar-refractivity contribution < 1.29 is 47.0 Å². The van der Waals surface area contributed by atoms with Gasteiger partial charge in [-0.3, -0.25) is 24.1 Å². The first-order chi connectivity index (χ1) is 22.6. The van der Waals surface area contributed by atoms with Gasteiger partial charge in [0.2, 0.25) is 16.8 Å². The second kappa shape index (κ2) is 16.6. The average Bonchev–Trinajstić information content (AvgIpc) is 3.02. The van der Waals surface area contributed by atoms with Gasteiger partial charge in [-0.1, -0.05) is 46.8 Å². The number of nitrogens with zero attached hydrogens (tertiary/aromatic N) is 3. The number of anilines is 2. The average molecular weight is 689 g/mol. The van der Waals surface area contributed by atoms with Crippen LogP contribution in [0.5, 0.6) is 5.75 Å². The second-order valence-electron chi connectivity index (χ2n) is 12.4. The first-order valence-electron chi connectivity index (χ1n) is 15.6. The molecule has 2 aromatic rings.